The summed E-state index contributed by atoms with van der Waals surface area (Å²) in [6.45, 7) is 8.89. The highest BCUT2D eigenvalue weighted by atomic mass is 32.2. The molecule has 0 aliphatic carbocycles. The number of anilines is 1. The molecule has 7 aromatic carbocycles. The van der Waals surface area contributed by atoms with Crippen molar-refractivity contribution in [1.82, 2.24) is 30.2 Å². The van der Waals surface area contributed by atoms with E-state index in [-0.39, 0.29) is 22.3 Å². The number of hydrogen-bond donors (Lipinski definition) is 2. The number of aromatic nitrogens is 4. The molecule has 89 heavy (non-hydrogen) atoms. The van der Waals surface area contributed by atoms with Crippen molar-refractivity contribution in [3.8, 4) is 0 Å². The van der Waals surface area contributed by atoms with Gasteiger partial charge in [0.15, 0.2) is 23.1 Å². The second-order valence-electron chi connectivity index (χ2n) is 21.2. The van der Waals surface area contributed by atoms with E-state index in [0.29, 0.717) is 37.3 Å². The maximum absolute atomic E-state index is 15.1. The lowest BCUT2D eigenvalue weighted by Crippen LogP contribution is -2.71. The Morgan fingerprint density at radius 1 is 0.685 bits per heavy atom. The summed E-state index contributed by atoms with van der Waals surface area (Å²) in [7, 11) is 0. The third kappa shape index (κ3) is 13.9. The smallest absolute Gasteiger partial charge is 0.413 e. The largest absolute Gasteiger partial charge is 0.448 e. The number of carbonyl (C=O) groups is 5. The van der Waals surface area contributed by atoms with E-state index in [0.717, 1.165) is 28.0 Å². The quantitative estimate of drug-likeness (QED) is 0.00619. The van der Waals surface area contributed by atoms with Crippen LogP contribution in [0.5, 0.6) is 0 Å². The Morgan fingerprint density at radius 3 is 1.66 bits per heavy atom. The van der Waals surface area contributed by atoms with Crippen molar-refractivity contribution in [3.63, 3.8) is 0 Å². The van der Waals surface area contributed by atoms with Gasteiger partial charge in [0.05, 0.1) is 11.3 Å². The molecule has 0 saturated carbocycles. The number of amides is 3. The van der Waals surface area contributed by atoms with Crippen molar-refractivity contribution in [2.75, 3.05) is 16.2 Å². The predicted molar refractivity (Wildman–Crippen MR) is 345 cm³/mol. The SMILES string of the molecule is C=C(O/N=C(\C(=O)N[C@@H]1C(=O)N2C(C(=O)OC(c3ccccc3)c3ccccc3)=C(SCSc3cn(C(c4ccccc4)(c4ccccc4)c4ccccc4)nn3)CS[C@H]12)c1csc(NC(=O)OC(C)(C)C)n1)C(=O)OC(c1ccccc1)c1ccccc1. The first-order valence-electron chi connectivity index (χ1n) is 28.1. The Hall–Kier alpha value is -9.54. The fourth-order valence-corrected chi connectivity index (χ4v) is 14.4. The molecular weight excluding hydrogens is 1200 g/mol. The van der Waals surface area contributed by atoms with Gasteiger partial charge in [0.2, 0.25) is 5.76 Å². The normalized spacial score (nSPS) is 15.0. The number of thioether (sulfide) groups is 3. The third-order valence-electron chi connectivity index (χ3n) is 14.1. The zero-order valence-electron chi connectivity index (χ0n) is 48.3. The Bertz CT molecular complexity index is 3870. The number of nitrogens with one attached hydrogen (secondary N) is 2. The van der Waals surface area contributed by atoms with Crippen LogP contribution in [-0.2, 0) is 43.8 Å². The Morgan fingerprint density at radius 2 is 1.17 bits per heavy atom. The first-order chi connectivity index (χ1) is 43.2. The van der Waals surface area contributed by atoms with E-state index >= 15 is 4.79 Å². The molecule has 2 aliphatic heterocycles. The topological polar surface area (TPSA) is 206 Å². The Kier molecular flexibility index (Phi) is 19.0. The maximum atomic E-state index is 15.1. The van der Waals surface area contributed by atoms with Crippen LogP contribution in [0, 0.1) is 0 Å². The fourth-order valence-electron chi connectivity index (χ4n) is 10.2. The number of benzene rings is 7. The maximum Gasteiger partial charge on any atom is 0.413 e. The molecule has 2 aliphatic rings. The van der Waals surface area contributed by atoms with Crippen molar-refractivity contribution in [2.45, 2.75) is 60.6 Å². The number of rotatable bonds is 22. The van der Waals surface area contributed by atoms with Crippen LogP contribution in [0.4, 0.5) is 9.93 Å². The van der Waals surface area contributed by atoms with Crippen LogP contribution in [0.1, 0.15) is 77.6 Å². The first kappa shape index (κ1) is 61.1. The molecule has 0 spiro atoms. The monoisotopic (exact) mass is 1260 g/mol. The predicted octanol–water partition coefficient (Wildman–Crippen LogP) is 12.9. The van der Waals surface area contributed by atoms with Gasteiger partial charge in [0.1, 0.15) is 39.0 Å². The highest BCUT2D eigenvalue weighted by Gasteiger charge is 2.55. The van der Waals surface area contributed by atoms with Crippen LogP contribution in [-0.4, -0.2) is 88.3 Å². The molecule has 0 unspecified atom stereocenters. The number of nitrogens with zero attached hydrogens (tertiary/aromatic N) is 6. The second-order valence-corrected chi connectivity index (χ2v) is 25.6. The molecule has 21 heteroatoms. The van der Waals surface area contributed by atoms with Gasteiger partial charge in [-0.25, -0.2) is 24.0 Å². The van der Waals surface area contributed by atoms with E-state index in [1.54, 1.807) is 20.8 Å². The summed E-state index contributed by atoms with van der Waals surface area (Å²) in [4.78, 5) is 83.2. The number of esters is 2. The number of β-lactam (4-membered cyclic amide) rings is 1. The van der Waals surface area contributed by atoms with Crippen molar-refractivity contribution in [3.05, 3.63) is 291 Å². The second kappa shape index (κ2) is 27.7. The molecule has 4 heterocycles. The minimum Gasteiger partial charge on any atom is -0.448 e. The number of thiazole rings is 1. The number of oxime groups is 1. The zero-order valence-corrected chi connectivity index (χ0v) is 51.5. The van der Waals surface area contributed by atoms with Gasteiger partial charge < -0.3 is 24.4 Å². The zero-order chi connectivity index (χ0) is 61.9. The summed E-state index contributed by atoms with van der Waals surface area (Å²) in [5.74, 6) is -3.62. The molecule has 2 N–H and O–H groups in total. The summed E-state index contributed by atoms with van der Waals surface area (Å²) in [5.41, 5.74) is 3.45. The van der Waals surface area contributed by atoms with Gasteiger partial charge in [-0.1, -0.05) is 234 Å². The van der Waals surface area contributed by atoms with Gasteiger partial charge in [-0.2, -0.15) is 0 Å². The van der Waals surface area contributed by atoms with Crippen LogP contribution in [0.3, 0.4) is 0 Å². The van der Waals surface area contributed by atoms with E-state index in [1.165, 1.54) is 45.6 Å². The molecule has 0 bridgehead atoms. The lowest BCUT2D eigenvalue weighted by atomic mass is 9.77. The highest BCUT2D eigenvalue weighted by molar-refractivity contribution is 8.18. The van der Waals surface area contributed by atoms with Crippen LogP contribution < -0.4 is 10.6 Å². The molecule has 0 radical (unpaired) electrons. The molecule has 2 atom stereocenters. The minimum atomic E-state index is -1.21. The number of carbonyl (C=O) groups excluding carboxylic acids is 5. The molecule has 1 saturated heterocycles. The first-order valence-corrected chi connectivity index (χ1v) is 32.0. The van der Waals surface area contributed by atoms with E-state index in [4.69, 9.17) is 24.3 Å². The molecule has 11 rings (SSSR count). The number of hydrogen-bond acceptors (Lipinski definition) is 17. The van der Waals surface area contributed by atoms with Gasteiger partial charge >= 0.3 is 18.0 Å². The van der Waals surface area contributed by atoms with Crippen molar-refractivity contribution in [1.29, 1.82) is 0 Å². The Labute approximate surface area is 530 Å². The molecular formula is C68H58N8O9S4. The van der Waals surface area contributed by atoms with Crippen LogP contribution in [0.15, 0.2) is 257 Å². The average Bonchev–Trinajstić information content (AvgIpc) is 1.37. The van der Waals surface area contributed by atoms with E-state index < -0.39 is 76.1 Å². The van der Waals surface area contributed by atoms with Gasteiger partial charge in [0, 0.05) is 16.0 Å². The highest BCUT2D eigenvalue weighted by Crippen LogP contribution is 2.46. The molecule has 448 valence electrons. The van der Waals surface area contributed by atoms with Gasteiger partial charge in [-0.15, -0.1) is 40.0 Å². The molecule has 1 fully saturated rings. The van der Waals surface area contributed by atoms with Crippen molar-refractivity contribution < 1.29 is 43.0 Å². The number of fused-ring (bicyclic) bond motifs is 1. The van der Waals surface area contributed by atoms with E-state index in [1.807, 2.05) is 187 Å². The lowest BCUT2D eigenvalue weighted by molar-refractivity contribution is -0.154. The van der Waals surface area contributed by atoms with Gasteiger partial charge in [-0.3, -0.25) is 19.8 Å². The van der Waals surface area contributed by atoms with Crippen LogP contribution >= 0.6 is 46.6 Å². The summed E-state index contributed by atoms with van der Waals surface area (Å²) in [6, 6.07) is 66.1. The molecule has 17 nitrogen and oxygen atoms in total. The molecule has 2 aromatic heterocycles. The molecule has 3 amide bonds. The van der Waals surface area contributed by atoms with E-state index in [2.05, 4.69) is 68.8 Å². The standard InChI is InChI=1S/C68H58N8O9S4/c1-44(63(79)82-58(45-26-12-5-13-27-45)46-28-14-6-15-29-46)85-73-55(52-41-87-65(69-52)71-66(81)84-67(2,3)4)60(77)70-56-61(78)76-57(64(80)83-59(47-30-16-7-17-31-47)48-32-18-8-19-33-48)53(42-86-62(56)76)88-43-89-54-40-75(74-72-54)68(49-34-20-9-21-35-49,50-36-22-10-23-37-50)51-38-24-11-25-39-51/h5-41,56,58-59,62H,1,42-43H2,2-4H3,(H,70,77)(H,69,71,81)/b73-55-/t56-,62-/m1/s1. The van der Waals surface area contributed by atoms with Crippen molar-refractivity contribution in [2.24, 2.45) is 5.16 Å². The third-order valence-corrected chi connectivity index (χ3v) is 18.5. The Balaban J connectivity index is 0.874. The average molecular weight is 1260 g/mol. The number of ether oxygens (including phenoxy) is 3. The van der Waals surface area contributed by atoms with Gasteiger partial charge in [-0.05, 0) is 66.3 Å². The summed E-state index contributed by atoms with van der Waals surface area (Å²) in [6.07, 6.45) is -0.589. The lowest BCUT2D eigenvalue weighted by Gasteiger charge is -2.49. The van der Waals surface area contributed by atoms with E-state index in [9.17, 15) is 19.2 Å². The van der Waals surface area contributed by atoms with Crippen molar-refractivity contribution >= 4 is 87.3 Å². The summed E-state index contributed by atoms with van der Waals surface area (Å²) < 4.78 is 19.7. The van der Waals surface area contributed by atoms with Crippen LogP contribution in [0.25, 0.3) is 0 Å². The summed E-state index contributed by atoms with van der Waals surface area (Å²) >= 11 is 5.09. The van der Waals surface area contributed by atoms with Crippen LogP contribution in [0.2, 0.25) is 0 Å². The summed E-state index contributed by atoms with van der Waals surface area (Å²) in [5, 5.41) is 20.6. The minimum absolute atomic E-state index is 0.0281. The molecule has 9 aromatic rings. The van der Waals surface area contributed by atoms with Gasteiger partial charge in [0.25, 0.3) is 11.8 Å². The fraction of sp³-hybridized carbons (Fsp3) is 0.162.